The van der Waals surface area contributed by atoms with Crippen molar-refractivity contribution in [2.45, 2.75) is 0 Å². The number of ketones is 1. The minimum Gasteiger partial charge on any atom is -0.461 e. The first-order chi connectivity index (χ1) is 8.18. The van der Waals surface area contributed by atoms with Gasteiger partial charge in [-0.15, -0.1) is 0 Å². The van der Waals surface area contributed by atoms with Crippen LogP contribution in [0.25, 0.3) is 6.08 Å². The van der Waals surface area contributed by atoms with E-state index in [0.29, 0.717) is 0 Å². The van der Waals surface area contributed by atoms with Crippen LogP contribution in [0.2, 0.25) is 0 Å². The fraction of sp³-hybridized carbons (Fsp3) is 0. The molecule has 4 heteroatoms. The first kappa shape index (κ1) is 11.3. The van der Waals surface area contributed by atoms with Gasteiger partial charge in [-0.25, -0.2) is 8.78 Å². The van der Waals surface area contributed by atoms with Crippen LogP contribution in [0.5, 0.6) is 0 Å². The molecule has 0 fully saturated rings. The number of halogens is 2. The van der Waals surface area contributed by atoms with E-state index in [1.807, 2.05) is 0 Å². The summed E-state index contributed by atoms with van der Waals surface area (Å²) in [5.41, 5.74) is -0.243. The van der Waals surface area contributed by atoms with Crippen molar-refractivity contribution >= 4 is 11.9 Å². The van der Waals surface area contributed by atoms with Gasteiger partial charge in [-0.2, -0.15) is 0 Å². The predicted octanol–water partition coefficient (Wildman–Crippen LogP) is 3.45. The highest BCUT2D eigenvalue weighted by Gasteiger charge is 2.07. The van der Waals surface area contributed by atoms with E-state index in [0.717, 1.165) is 24.3 Å². The molecule has 0 saturated heterocycles. The first-order valence-corrected chi connectivity index (χ1v) is 4.88. The average molecular weight is 234 g/mol. The highest BCUT2D eigenvalue weighted by Crippen LogP contribution is 2.14. The van der Waals surface area contributed by atoms with Gasteiger partial charge in [0.05, 0.1) is 6.26 Å². The van der Waals surface area contributed by atoms with E-state index in [2.05, 4.69) is 0 Å². The van der Waals surface area contributed by atoms with Gasteiger partial charge in [-0.1, -0.05) is 6.07 Å². The Balaban J connectivity index is 2.24. The van der Waals surface area contributed by atoms with Crippen molar-refractivity contribution in [1.82, 2.24) is 0 Å². The van der Waals surface area contributed by atoms with E-state index in [4.69, 9.17) is 4.42 Å². The zero-order valence-electron chi connectivity index (χ0n) is 8.69. The molecule has 86 valence electrons. The van der Waals surface area contributed by atoms with Crippen LogP contribution in [0.4, 0.5) is 8.78 Å². The Morgan fingerprint density at radius 2 is 1.82 bits per heavy atom. The second-order valence-corrected chi connectivity index (χ2v) is 3.31. The van der Waals surface area contributed by atoms with Crippen LogP contribution in [0.15, 0.2) is 47.1 Å². The van der Waals surface area contributed by atoms with Gasteiger partial charge < -0.3 is 4.42 Å². The number of hydrogen-bond donors (Lipinski definition) is 0. The molecule has 1 aromatic heterocycles. The lowest BCUT2D eigenvalue weighted by Crippen LogP contribution is -1.92. The smallest absolute Gasteiger partial charge is 0.221 e. The SMILES string of the molecule is O=C(/C=C/c1c(F)cccc1F)c1ccco1. The van der Waals surface area contributed by atoms with Crippen LogP contribution in [0, 0.1) is 11.6 Å². The summed E-state index contributed by atoms with van der Waals surface area (Å²) in [7, 11) is 0. The number of rotatable bonds is 3. The van der Waals surface area contributed by atoms with Crippen molar-refractivity contribution in [3.05, 3.63) is 65.6 Å². The number of allylic oxidation sites excluding steroid dienone is 1. The lowest BCUT2D eigenvalue weighted by molar-refractivity contribution is 0.102. The van der Waals surface area contributed by atoms with Crippen LogP contribution in [-0.2, 0) is 0 Å². The Labute approximate surface area is 96.2 Å². The summed E-state index contributed by atoms with van der Waals surface area (Å²) < 4.78 is 31.3. The molecule has 0 radical (unpaired) electrons. The summed E-state index contributed by atoms with van der Waals surface area (Å²) in [5, 5.41) is 0. The van der Waals surface area contributed by atoms with E-state index < -0.39 is 17.4 Å². The summed E-state index contributed by atoms with van der Waals surface area (Å²) >= 11 is 0. The van der Waals surface area contributed by atoms with Crippen LogP contribution in [-0.4, -0.2) is 5.78 Å². The largest absolute Gasteiger partial charge is 0.461 e. The van der Waals surface area contributed by atoms with E-state index >= 15 is 0 Å². The Morgan fingerprint density at radius 1 is 1.12 bits per heavy atom. The third-order valence-corrected chi connectivity index (χ3v) is 2.17. The van der Waals surface area contributed by atoms with Crippen molar-refractivity contribution in [3.63, 3.8) is 0 Å². The van der Waals surface area contributed by atoms with Gasteiger partial charge in [0.2, 0.25) is 5.78 Å². The first-order valence-electron chi connectivity index (χ1n) is 4.88. The molecule has 17 heavy (non-hydrogen) atoms. The Hall–Kier alpha value is -2.23. The quantitative estimate of drug-likeness (QED) is 0.601. The van der Waals surface area contributed by atoms with Crippen LogP contribution >= 0.6 is 0 Å². The van der Waals surface area contributed by atoms with Crippen molar-refractivity contribution in [1.29, 1.82) is 0 Å². The van der Waals surface area contributed by atoms with Gasteiger partial charge in [0.25, 0.3) is 0 Å². The third kappa shape index (κ3) is 2.47. The molecule has 0 aliphatic rings. The minimum absolute atomic E-state index is 0.123. The molecular weight excluding hydrogens is 226 g/mol. The molecule has 2 aromatic rings. The fourth-order valence-corrected chi connectivity index (χ4v) is 1.33. The summed E-state index contributed by atoms with van der Waals surface area (Å²) in [5.74, 6) is -1.75. The number of furan rings is 1. The van der Waals surface area contributed by atoms with Gasteiger partial charge in [0.1, 0.15) is 11.6 Å². The molecule has 1 heterocycles. The van der Waals surface area contributed by atoms with Gasteiger partial charge in [0.15, 0.2) is 5.76 Å². The molecule has 1 aromatic carbocycles. The van der Waals surface area contributed by atoms with Gasteiger partial charge in [-0.05, 0) is 36.4 Å². The lowest BCUT2D eigenvalue weighted by atomic mass is 10.1. The van der Waals surface area contributed by atoms with Crippen molar-refractivity contribution in [2.75, 3.05) is 0 Å². The van der Waals surface area contributed by atoms with Gasteiger partial charge in [0, 0.05) is 5.56 Å². The molecule has 0 N–H and O–H groups in total. The Morgan fingerprint density at radius 3 is 2.41 bits per heavy atom. The number of carbonyl (C=O) groups excluding carboxylic acids is 1. The zero-order chi connectivity index (χ0) is 12.3. The van der Waals surface area contributed by atoms with Crippen molar-refractivity contribution < 1.29 is 18.0 Å². The molecule has 0 aliphatic heterocycles. The summed E-state index contributed by atoms with van der Waals surface area (Å²) in [6, 6.07) is 6.55. The van der Waals surface area contributed by atoms with Crippen LogP contribution in [0.3, 0.4) is 0 Å². The predicted molar refractivity (Wildman–Crippen MR) is 58.4 cm³/mol. The standard InChI is InChI=1S/C13H8F2O2/c14-10-3-1-4-11(15)9(10)6-7-12(16)13-5-2-8-17-13/h1-8H/b7-6+. The van der Waals surface area contributed by atoms with Crippen molar-refractivity contribution in [3.8, 4) is 0 Å². The van der Waals surface area contributed by atoms with Gasteiger partial charge >= 0.3 is 0 Å². The molecule has 0 unspecified atom stereocenters. The molecule has 0 spiro atoms. The fourth-order valence-electron chi connectivity index (χ4n) is 1.33. The van der Waals surface area contributed by atoms with Crippen molar-refractivity contribution in [2.24, 2.45) is 0 Å². The second-order valence-electron chi connectivity index (χ2n) is 3.31. The molecule has 2 nitrogen and oxygen atoms in total. The van der Waals surface area contributed by atoms with Crippen LogP contribution in [0.1, 0.15) is 16.1 Å². The average Bonchev–Trinajstić information content (AvgIpc) is 2.81. The highest BCUT2D eigenvalue weighted by molar-refractivity contribution is 6.04. The van der Waals surface area contributed by atoms with Gasteiger partial charge in [-0.3, -0.25) is 4.79 Å². The zero-order valence-corrected chi connectivity index (χ0v) is 8.69. The Bertz CT molecular complexity index is 537. The monoisotopic (exact) mass is 234 g/mol. The summed E-state index contributed by atoms with van der Waals surface area (Å²) in [4.78, 5) is 11.5. The normalized spacial score (nSPS) is 10.9. The summed E-state index contributed by atoms with van der Waals surface area (Å²) in [6.45, 7) is 0. The number of benzene rings is 1. The Kier molecular flexibility index (Phi) is 3.14. The van der Waals surface area contributed by atoms with E-state index in [-0.39, 0.29) is 11.3 Å². The molecule has 2 rings (SSSR count). The van der Waals surface area contributed by atoms with E-state index in [1.165, 1.54) is 18.4 Å². The molecule has 0 aliphatic carbocycles. The summed E-state index contributed by atoms with van der Waals surface area (Å²) in [6.07, 6.45) is 3.51. The van der Waals surface area contributed by atoms with Crippen LogP contribution < -0.4 is 0 Å². The maximum absolute atomic E-state index is 13.2. The maximum atomic E-state index is 13.2. The third-order valence-electron chi connectivity index (χ3n) is 2.17. The maximum Gasteiger partial charge on any atom is 0.221 e. The molecular formula is C13H8F2O2. The number of carbonyl (C=O) groups is 1. The topological polar surface area (TPSA) is 30.2 Å². The number of hydrogen-bond acceptors (Lipinski definition) is 2. The molecule has 0 atom stereocenters. The lowest BCUT2D eigenvalue weighted by Gasteiger charge is -1.97. The second kappa shape index (κ2) is 4.74. The highest BCUT2D eigenvalue weighted by atomic mass is 19.1. The minimum atomic E-state index is -0.714. The molecule has 0 amide bonds. The molecule has 0 saturated carbocycles. The van der Waals surface area contributed by atoms with E-state index in [1.54, 1.807) is 6.07 Å². The molecule has 0 bridgehead atoms. The van der Waals surface area contributed by atoms with E-state index in [9.17, 15) is 13.6 Å².